The van der Waals surface area contributed by atoms with E-state index in [1.54, 1.807) is 38.5 Å². The van der Waals surface area contributed by atoms with Gasteiger partial charge >= 0.3 is 0 Å². The predicted octanol–water partition coefficient (Wildman–Crippen LogP) is 1.04. The van der Waals surface area contributed by atoms with E-state index in [-0.39, 0.29) is 11.4 Å². The fourth-order valence-corrected chi connectivity index (χ4v) is 1.47. The number of hydrogen-bond acceptors (Lipinski definition) is 6. The first kappa shape index (κ1) is 15.9. The number of methoxy groups -OCH3 is 2. The summed E-state index contributed by atoms with van der Waals surface area (Å²) in [6.07, 6.45) is 1.32. The van der Waals surface area contributed by atoms with E-state index in [2.05, 4.69) is 10.3 Å². The van der Waals surface area contributed by atoms with Gasteiger partial charge in [-0.05, 0) is 17.7 Å². The lowest BCUT2D eigenvalue weighted by molar-refractivity contribution is 0.354. The summed E-state index contributed by atoms with van der Waals surface area (Å²) in [6, 6.07) is 8.90. The average Bonchev–Trinajstić information content (AvgIpc) is 2.53. The molecule has 0 atom stereocenters. The van der Waals surface area contributed by atoms with Gasteiger partial charge in [0.2, 0.25) is 0 Å². The summed E-state index contributed by atoms with van der Waals surface area (Å²) in [5.74, 6) is 1.25. The Labute approximate surface area is 122 Å². The minimum absolute atomic E-state index is 0.0337. The largest absolute Gasteiger partial charge is 0.493 e. The average molecular weight is 285 g/mol. The lowest BCUT2D eigenvalue weighted by atomic mass is 10.2. The van der Waals surface area contributed by atoms with Crippen LogP contribution in [-0.2, 0) is 6.54 Å². The summed E-state index contributed by atoms with van der Waals surface area (Å²) in [5, 5.41) is 19.9. The molecule has 0 unspecified atom stereocenters. The predicted molar refractivity (Wildman–Crippen MR) is 77.3 cm³/mol. The SMILES string of the molecule is COc1ccc(CN=CN/C(C#N)=C(\N)C#N)cc1OC. The molecule has 0 saturated carbocycles. The van der Waals surface area contributed by atoms with Crippen LogP contribution >= 0.6 is 0 Å². The van der Waals surface area contributed by atoms with Gasteiger partial charge in [-0.15, -0.1) is 0 Å². The van der Waals surface area contributed by atoms with Crippen LogP contribution in [0.5, 0.6) is 11.5 Å². The number of rotatable bonds is 6. The van der Waals surface area contributed by atoms with Gasteiger partial charge in [-0.3, -0.25) is 4.99 Å². The van der Waals surface area contributed by atoms with Crippen molar-refractivity contribution in [1.29, 1.82) is 10.5 Å². The summed E-state index contributed by atoms with van der Waals surface area (Å²) in [7, 11) is 3.12. The molecule has 0 amide bonds. The normalized spacial score (nSPS) is 11.2. The van der Waals surface area contributed by atoms with E-state index < -0.39 is 0 Å². The molecule has 0 heterocycles. The summed E-state index contributed by atoms with van der Waals surface area (Å²) < 4.78 is 10.3. The molecular formula is C14H15N5O2. The molecule has 0 spiro atoms. The second-order valence-electron chi connectivity index (χ2n) is 3.82. The molecule has 1 aromatic carbocycles. The van der Waals surface area contributed by atoms with Crippen LogP contribution in [0.1, 0.15) is 5.56 Å². The summed E-state index contributed by atoms with van der Waals surface area (Å²) >= 11 is 0. The van der Waals surface area contributed by atoms with Crippen molar-refractivity contribution >= 4 is 6.34 Å². The van der Waals surface area contributed by atoms with Crippen LogP contribution in [0.2, 0.25) is 0 Å². The van der Waals surface area contributed by atoms with Gasteiger partial charge in [0.25, 0.3) is 0 Å². The Hall–Kier alpha value is -3.19. The zero-order chi connectivity index (χ0) is 15.7. The maximum atomic E-state index is 8.78. The quantitative estimate of drug-likeness (QED) is 0.458. The summed E-state index contributed by atoms with van der Waals surface area (Å²) in [6.45, 7) is 0.374. The molecule has 0 saturated heterocycles. The van der Waals surface area contributed by atoms with Crippen molar-refractivity contribution in [3.63, 3.8) is 0 Å². The lowest BCUT2D eigenvalue weighted by Crippen LogP contribution is -2.15. The molecule has 1 rings (SSSR count). The van der Waals surface area contributed by atoms with E-state index in [0.717, 1.165) is 5.56 Å². The van der Waals surface area contributed by atoms with Gasteiger partial charge in [-0.25, -0.2) is 0 Å². The lowest BCUT2D eigenvalue weighted by Gasteiger charge is -2.08. The third-order valence-electron chi connectivity index (χ3n) is 2.52. The number of ether oxygens (including phenoxy) is 2. The minimum atomic E-state index is -0.185. The number of nitrogens with two attached hydrogens (primary N) is 1. The fourth-order valence-electron chi connectivity index (χ4n) is 1.47. The van der Waals surface area contributed by atoms with Crippen molar-refractivity contribution in [2.24, 2.45) is 10.7 Å². The van der Waals surface area contributed by atoms with Crippen LogP contribution < -0.4 is 20.5 Å². The standard InChI is InChI=1S/C14H15N5O2/c1-20-13-4-3-10(5-14(13)21-2)8-18-9-19-12(7-16)11(17)6-15/h3-5,9H,8,17H2,1-2H3,(H,18,19)/b12-11-. The molecule has 7 nitrogen and oxygen atoms in total. The van der Waals surface area contributed by atoms with Crippen LogP contribution in [0.4, 0.5) is 0 Å². The first-order chi connectivity index (χ1) is 10.2. The van der Waals surface area contributed by atoms with Gasteiger partial charge in [0.15, 0.2) is 17.2 Å². The molecule has 108 valence electrons. The Kier molecular flexibility index (Phi) is 6.10. The van der Waals surface area contributed by atoms with Gasteiger partial charge in [-0.2, -0.15) is 10.5 Å². The Balaban J connectivity index is 2.70. The molecule has 21 heavy (non-hydrogen) atoms. The van der Waals surface area contributed by atoms with Crippen molar-refractivity contribution in [3.05, 3.63) is 35.2 Å². The number of benzene rings is 1. The van der Waals surface area contributed by atoms with Crippen LogP contribution in [-0.4, -0.2) is 20.6 Å². The molecule has 1 aromatic rings. The first-order valence-corrected chi connectivity index (χ1v) is 5.92. The molecule has 0 fully saturated rings. The first-order valence-electron chi connectivity index (χ1n) is 5.92. The molecule has 0 bridgehead atoms. The van der Waals surface area contributed by atoms with Gasteiger partial charge < -0.3 is 20.5 Å². The van der Waals surface area contributed by atoms with Crippen molar-refractivity contribution in [1.82, 2.24) is 5.32 Å². The number of hydrogen-bond donors (Lipinski definition) is 2. The highest BCUT2D eigenvalue weighted by molar-refractivity contribution is 5.60. The van der Waals surface area contributed by atoms with Crippen LogP contribution in [0.15, 0.2) is 34.6 Å². The molecule has 0 aromatic heterocycles. The van der Waals surface area contributed by atoms with Gasteiger partial charge in [-0.1, -0.05) is 6.07 Å². The van der Waals surface area contributed by atoms with Crippen LogP contribution in [0.25, 0.3) is 0 Å². The maximum Gasteiger partial charge on any atom is 0.161 e. The molecular weight excluding hydrogens is 270 g/mol. The minimum Gasteiger partial charge on any atom is -0.493 e. The fraction of sp³-hybridized carbons (Fsp3) is 0.214. The Morgan fingerprint density at radius 2 is 2.00 bits per heavy atom. The second kappa shape index (κ2) is 8.08. The summed E-state index contributed by atoms with van der Waals surface area (Å²) in [4.78, 5) is 4.09. The van der Waals surface area contributed by atoms with E-state index in [1.165, 1.54) is 6.34 Å². The molecule has 0 aliphatic heterocycles. The smallest absolute Gasteiger partial charge is 0.161 e. The van der Waals surface area contributed by atoms with Crippen molar-refractivity contribution in [2.75, 3.05) is 14.2 Å². The molecule has 3 N–H and O–H groups in total. The highest BCUT2D eigenvalue weighted by Gasteiger charge is 2.03. The van der Waals surface area contributed by atoms with Gasteiger partial charge in [0.1, 0.15) is 17.8 Å². The monoisotopic (exact) mass is 285 g/mol. The molecule has 0 aliphatic carbocycles. The number of nitrogens with one attached hydrogen (secondary N) is 1. The van der Waals surface area contributed by atoms with E-state index in [1.807, 2.05) is 6.07 Å². The topological polar surface area (TPSA) is 116 Å². The number of nitriles is 2. The second-order valence-corrected chi connectivity index (χ2v) is 3.82. The Morgan fingerprint density at radius 1 is 1.29 bits per heavy atom. The highest BCUT2D eigenvalue weighted by atomic mass is 16.5. The van der Waals surface area contributed by atoms with Crippen LogP contribution in [0, 0.1) is 22.7 Å². The third-order valence-corrected chi connectivity index (χ3v) is 2.52. The van der Waals surface area contributed by atoms with Crippen molar-refractivity contribution < 1.29 is 9.47 Å². The third kappa shape index (κ3) is 4.44. The zero-order valence-electron chi connectivity index (χ0n) is 11.8. The van der Waals surface area contributed by atoms with E-state index in [4.69, 9.17) is 25.7 Å². The van der Waals surface area contributed by atoms with E-state index in [0.29, 0.717) is 18.0 Å². The molecule has 0 radical (unpaired) electrons. The Bertz CT molecular complexity index is 638. The summed E-state index contributed by atoms with van der Waals surface area (Å²) in [5.41, 5.74) is 6.02. The molecule has 7 heteroatoms. The molecule has 0 aliphatic rings. The highest BCUT2D eigenvalue weighted by Crippen LogP contribution is 2.27. The van der Waals surface area contributed by atoms with Crippen molar-refractivity contribution in [3.8, 4) is 23.6 Å². The zero-order valence-corrected chi connectivity index (χ0v) is 11.8. The number of nitrogens with zero attached hydrogens (tertiary/aromatic N) is 3. The van der Waals surface area contributed by atoms with E-state index >= 15 is 0 Å². The van der Waals surface area contributed by atoms with Crippen molar-refractivity contribution in [2.45, 2.75) is 6.54 Å². The number of allylic oxidation sites excluding steroid dienone is 2. The van der Waals surface area contributed by atoms with Crippen LogP contribution in [0.3, 0.4) is 0 Å². The van der Waals surface area contributed by atoms with E-state index in [9.17, 15) is 0 Å². The van der Waals surface area contributed by atoms with Gasteiger partial charge in [0, 0.05) is 0 Å². The van der Waals surface area contributed by atoms with Gasteiger partial charge in [0.05, 0.1) is 27.1 Å². The Morgan fingerprint density at radius 3 is 2.57 bits per heavy atom. The number of aliphatic imine (C=N–C) groups is 1. The maximum absolute atomic E-state index is 8.78.